The lowest BCUT2D eigenvalue weighted by Crippen LogP contribution is -2.44. The fourth-order valence-electron chi connectivity index (χ4n) is 3.52. The molecule has 1 aromatic carbocycles. The molecule has 2 N–H and O–H groups in total. The highest BCUT2D eigenvalue weighted by Crippen LogP contribution is 2.25. The summed E-state index contributed by atoms with van der Waals surface area (Å²) < 4.78 is 5.48. The predicted octanol–water partition coefficient (Wildman–Crippen LogP) is 2.88. The lowest BCUT2D eigenvalue weighted by molar-refractivity contribution is -0.135. The van der Waals surface area contributed by atoms with Gasteiger partial charge in [0.25, 0.3) is 0 Å². The number of nitrogens with one attached hydrogen (secondary N) is 2. The molecule has 0 radical (unpaired) electrons. The molecule has 2 aromatic heterocycles. The number of aromatic nitrogens is 1. The van der Waals surface area contributed by atoms with Gasteiger partial charge < -0.3 is 19.6 Å². The zero-order valence-electron chi connectivity index (χ0n) is 14.6. The molecule has 0 bridgehead atoms. The number of rotatable bonds is 5. The highest BCUT2D eigenvalue weighted by atomic mass is 16.3. The van der Waals surface area contributed by atoms with E-state index in [1.54, 1.807) is 4.90 Å². The molecule has 0 aliphatic carbocycles. The van der Waals surface area contributed by atoms with E-state index in [1.807, 2.05) is 49.5 Å². The Morgan fingerprint density at radius 2 is 2.15 bits per heavy atom. The average Bonchev–Trinajstić information content (AvgIpc) is 3.34. The largest absolute Gasteiger partial charge is 0.465 e. The molecule has 4 rings (SSSR count). The third-order valence-corrected chi connectivity index (χ3v) is 4.88. The van der Waals surface area contributed by atoms with Crippen molar-refractivity contribution in [2.24, 2.45) is 0 Å². The van der Waals surface area contributed by atoms with Crippen LogP contribution in [0.15, 0.2) is 47.0 Å². The Labute approximate surface area is 151 Å². The topological polar surface area (TPSA) is 78.3 Å². The van der Waals surface area contributed by atoms with Gasteiger partial charge in [0.05, 0.1) is 6.54 Å². The van der Waals surface area contributed by atoms with Gasteiger partial charge in [-0.3, -0.25) is 9.59 Å². The van der Waals surface area contributed by atoms with Crippen LogP contribution in [-0.2, 0) is 22.7 Å². The number of hydrogen-bond acceptors (Lipinski definition) is 3. The molecule has 26 heavy (non-hydrogen) atoms. The van der Waals surface area contributed by atoms with Crippen LogP contribution in [0.5, 0.6) is 0 Å². The van der Waals surface area contributed by atoms with Crippen LogP contribution >= 0.6 is 0 Å². The van der Waals surface area contributed by atoms with Crippen LogP contribution in [0.3, 0.4) is 0 Å². The van der Waals surface area contributed by atoms with Gasteiger partial charge in [0, 0.05) is 30.1 Å². The summed E-state index contributed by atoms with van der Waals surface area (Å²) >= 11 is 0. The molecule has 2 amide bonds. The Morgan fingerprint density at radius 1 is 1.31 bits per heavy atom. The quantitative estimate of drug-likeness (QED) is 0.742. The number of carbonyl (C=O) groups is 2. The second-order valence-corrected chi connectivity index (χ2v) is 6.67. The van der Waals surface area contributed by atoms with Crippen molar-refractivity contribution >= 4 is 22.7 Å². The summed E-state index contributed by atoms with van der Waals surface area (Å²) in [7, 11) is 0. The normalized spacial score (nSPS) is 17.2. The van der Waals surface area contributed by atoms with Crippen molar-refractivity contribution in [2.75, 3.05) is 0 Å². The van der Waals surface area contributed by atoms with E-state index >= 15 is 0 Å². The number of furan rings is 1. The van der Waals surface area contributed by atoms with Gasteiger partial charge in [-0.15, -0.1) is 0 Å². The van der Waals surface area contributed by atoms with Crippen LogP contribution in [0.2, 0.25) is 0 Å². The smallest absolute Gasteiger partial charge is 0.243 e. The number of hydrogen-bond donors (Lipinski definition) is 2. The Balaban J connectivity index is 1.47. The van der Waals surface area contributed by atoms with E-state index in [2.05, 4.69) is 10.3 Å². The number of nitrogens with zero attached hydrogens (tertiary/aromatic N) is 1. The minimum atomic E-state index is -0.438. The van der Waals surface area contributed by atoms with Crippen molar-refractivity contribution in [3.05, 3.63) is 59.7 Å². The molecule has 3 aromatic rings. The number of fused-ring (bicyclic) bond motifs is 1. The first-order chi connectivity index (χ1) is 12.6. The third kappa shape index (κ3) is 3.10. The lowest BCUT2D eigenvalue weighted by atomic mass is 10.1. The van der Waals surface area contributed by atoms with Crippen molar-refractivity contribution in [1.29, 1.82) is 0 Å². The maximum atomic E-state index is 12.6. The van der Waals surface area contributed by atoms with Gasteiger partial charge in [-0.25, -0.2) is 0 Å². The highest BCUT2D eigenvalue weighted by Gasteiger charge is 2.36. The summed E-state index contributed by atoms with van der Waals surface area (Å²) in [5.74, 6) is 1.41. The Morgan fingerprint density at radius 3 is 2.96 bits per heavy atom. The van der Waals surface area contributed by atoms with Crippen LogP contribution in [-0.4, -0.2) is 27.7 Å². The van der Waals surface area contributed by atoms with E-state index in [0.29, 0.717) is 31.7 Å². The van der Waals surface area contributed by atoms with Crippen molar-refractivity contribution in [2.45, 2.75) is 38.9 Å². The van der Waals surface area contributed by atoms with Crippen molar-refractivity contribution < 1.29 is 14.0 Å². The Bertz CT molecular complexity index is 956. The molecule has 1 aliphatic heterocycles. The second-order valence-electron chi connectivity index (χ2n) is 6.67. The van der Waals surface area contributed by atoms with Gasteiger partial charge in [-0.2, -0.15) is 0 Å². The monoisotopic (exact) mass is 351 g/mol. The highest BCUT2D eigenvalue weighted by molar-refractivity contribution is 5.91. The van der Waals surface area contributed by atoms with Crippen LogP contribution in [0.1, 0.15) is 29.9 Å². The number of H-pyrrole nitrogens is 1. The molecular formula is C20H21N3O3. The van der Waals surface area contributed by atoms with Gasteiger partial charge in [0.1, 0.15) is 17.6 Å². The minimum absolute atomic E-state index is 0.0178. The van der Waals surface area contributed by atoms with E-state index < -0.39 is 6.04 Å². The van der Waals surface area contributed by atoms with Gasteiger partial charge >= 0.3 is 0 Å². The number of aryl methyl sites for hydroxylation is 1. The van der Waals surface area contributed by atoms with E-state index in [9.17, 15) is 9.59 Å². The van der Waals surface area contributed by atoms with Crippen LogP contribution in [0, 0.1) is 6.92 Å². The second kappa shape index (κ2) is 6.71. The molecule has 1 atom stereocenters. The number of para-hydroxylation sites is 1. The minimum Gasteiger partial charge on any atom is -0.465 e. The average molecular weight is 351 g/mol. The number of amides is 2. The maximum absolute atomic E-state index is 12.6. The summed E-state index contributed by atoms with van der Waals surface area (Å²) in [5.41, 5.74) is 2.05. The van der Waals surface area contributed by atoms with Gasteiger partial charge in [-0.05, 0) is 37.1 Å². The number of carbonyl (C=O) groups excluding carboxylic acids is 2. The molecule has 134 valence electrons. The standard InChI is InChI=1S/C20H21N3O3/c1-13-6-7-15(26-13)11-22-20(25)18-8-9-19(24)23(18)12-14-10-21-17-5-3-2-4-16(14)17/h2-7,10,18,21H,8-9,11-12H2,1H3,(H,22,25)/t18-/m0/s1. The third-order valence-electron chi connectivity index (χ3n) is 4.88. The summed E-state index contributed by atoms with van der Waals surface area (Å²) in [5, 5.41) is 3.97. The van der Waals surface area contributed by atoms with Gasteiger partial charge in [-0.1, -0.05) is 18.2 Å². The molecule has 1 fully saturated rings. The fourth-order valence-corrected chi connectivity index (χ4v) is 3.52. The van der Waals surface area contributed by atoms with E-state index in [4.69, 9.17) is 4.42 Å². The number of aromatic amines is 1. The molecule has 0 spiro atoms. The maximum Gasteiger partial charge on any atom is 0.243 e. The Hall–Kier alpha value is -3.02. The zero-order valence-corrected chi connectivity index (χ0v) is 14.6. The van der Waals surface area contributed by atoms with E-state index in [-0.39, 0.29) is 11.8 Å². The number of likely N-dealkylation sites (tertiary alicyclic amines) is 1. The van der Waals surface area contributed by atoms with Crippen LogP contribution in [0.25, 0.3) is 10.9 Å². The number of benzene rings is 1. The van der Waals surface area contributed by atoms with Crippen molar-refractivity contribution in [1.82, 2.24) is 15.2 Å². The first-order valence-electron chi connectivity index (χ1n) is 8.79. The van der Waals surface area contributed by atoms with Crippen LogP contribution in [0.4, 0.5) is 0 Å². The molecule has 0 saturated carbocycles. The zero-order chi connectivity index (χ0) is 18.1. The summed E-state index contributed by atoms with van der Waals surface area (Å²) in [6, 6.07) is 11.2. The first kappa shape index (κ1) is 16.4. The van der Waals surface area contributed by atoms with Crippen LogP contribution < -0.4 is 5.32 Å². The fraction of sp³-hybridized carbons (Fsp3) is 0.300. The van der Waals surface area contributed by atoms with Gasteiger partial charge in [0.15, 0.2) is 0 Å². The van der Waals surface area contributed by atoms with E-state index in [1.165, 1.54) is 0 Å². The molecule has 3 heterocycles. The molecule has 6 heteroatoms. The summed E-state index contributed by atoms with van der Waals surface area (Å²) in [4.78, 5) is 29.9. The molecular weight excluding hydrogens is 330 g/mol. The summed E-state index contributed by atoms with van der Waals surface area (Å²) in [6.07, 6.45) is 2.86. The molecule has 1 aliphatic rings. The molecule has 0 unspecified atom stereocenters. The van der Waals surface area contributed by atoms with E-state index in [0.717, 1.165) is 22.2 Å². The van der Waals surface area contributed by atoms with Crippen molar-refractivity contribution in [3.8, 4) is 0 Å². The summed E-state index contributed by atoms with van der Waals surface area (Å²) in [6.45, 7) is 2.63. The predicted molar refractivity (Wildman–Crippen MR) is 97.2 cm³/mol. The Kier molecular flexibility index (Phi) is 4.24. The van der Waals surface area contributed by atoms with Crippen molar-refractivity contribution in [3.63, 3.8) is 0 Å². The SMILES string of the molecule is Cc1ccc(CNC(=O)[C@@H]2CCC(=O)N2Cc2c[nH]c3ccccc23)o1. The first-order valence-corrected chi connectivity index (χ1v) is 8.79. The molecule has 6 nitrogen and oxygen atoms in total. The lowest BCUT2D eigenvalue weighted by Gasteiger charge is -2.23. The van der Waals surface area contributed by atoms with Gasteiger partial charge in [0.2, 0.25) is 11.8 Å². The molecule has 1 saturated heterocycles.